The third-order valence-corrected chi connectivity index (χ3v) is 8.86. The Morgan fingerprint density at radius 1 is 0.978 bits per heavy atom. The van der Waals surface area contributed by atoms with Gasteiger partial charge in [0, 0.05) is 61.2 Å². The van der Waals surface area contributed by atoms with E-state index in [9.17, 15) is 4.79 Å². The van der Waals surface area contributed by atoms with Crippen LogP contribution in [0.1, 0.15) is 31.2 Å². The number of H-pyrrole nitrogens is 1. The van der Waals surface area contributed by atoms with E-state index in [2.05, 4.69) is 37.7 Å². The molecule has 0 radical (unpaired) electrons. The molecule has 0 amide bonds. The highest BCUT2D eigenvalue weighted by Gasteiger charge is 2.22. The Morgan fingerprint density at radius 3 is 2.53 bits per heavy atom. The van der Waals surface area contributed by atoms with Crippen LogP contribution in [0, 0.1) is 12.8 Å². The van der Waals surface area contributed by atoms with Crippen molar-refractivity contribution in [1.29, 1.82) is 0 Å². The molecule has 11 heteroatoms. The number of hydrogen-bond donors (Lipinski definition) is 2. The van der Waals surface area contributed by atoms with Crippen LogP contribution in [0.5, 0.6) is 5.75 Å². The van der Waals surface area contributed by atoms with Gasteiger partial charge in [-0.15, -0.1) is 5.10 Å². The second-order valence-corrected chi connectivity index (χ2v) is 12.2. The molecule has 11 nitrogen and oxygen atoms in total. The van der Waals surface area contributed by atoms with Gasteiger partial charge in [-0.25, -0.2) is 4.98 Å². The van der Waals surface area contributed by atoms with Crippen LogP contribution in [0.4, 0.5) is 11.6 Å². The Labute approximate surface area is 261 Å². The summed E-state index contributed by atoms with van der Waals surface area (Å²) in [6, 6.07) is 15.8. The van der Waals surface area contributed by atoms with Crippen molar-refractivity contribution in [2.75, 3.05) is 38.7 Å². The fourth-order valence-corrected chi connectivity index (χ4v) is 6.25. The van der Waals surface area contributed by atoms with Crippen LogP contribution < -0.4 is 15.6 Å². The molecule has 232 valence electrons. The number of aromatic nitrogens is 6. The Kier molecular flexibility index (Phi) is 8.27. The highest BCUT2D eigenvalue weighted by molar-refractivity contribution is 5.87. The summed E-state index contributed by atoms with van der Waals surface area (Å²) in [4.78, 5) is 26.2. The van der Waals surface area contributed by atoms with Crippen molar-refractivity contribution in [2.45, 2.75) is 45.3 Å². The van der Waals surface area contributed by atoms with Gasteiger partial charge in [-0.05, 0) is 87.5 Å². The van der Waals surface area contributed by atoms with Crippen LogP contribution in [0.25, 0.3) is 33.4 Å². The first kappa shape index (κ1) is 29.1. The van der Waals surface area contributed by atoms with E-state index in [4.69, 9.17) is 14.5 Å². The van der Waals surface area contributed by atoms with E-state index < -0.39 is 0 Å². The maximum absolute atomic E-state index is 14.3. The molecule has 0 bridgehead atoms. The van der Waals surface area contributed by atoms with Gasteiger partial charge >= 0.3 is 0 Å². The zero-order valence-electron chi connectivity index (χ0n) is 25.7. The van der Waals surface area contributed by atoms with Crippen molar-refractivity contribution >= 4 is 22.7 Å². The Hall–Kier alpha value is -4.61. The zero-order valence-corrected chi connectivity index (χ0v) is 25.7. The van der Waals surface area contributed by atoms with Gasteiger partial charge in [0.25, 0.3) is 5.56 Å². The first-order valence-corrected chi connectivity index (χ1v) is 15.7. The molecular weight excluding hydrogens is 568 g/mol. The van der Waals surface area contributed by atoms with Gasteiger partial charge < -0.3 is 19.7 Å². The SMILES string of the molecule is Cc1ccc(-c2cc3cnc(Nc4ccc(OC5CCN(C)CC5)cc4)nc3n(CC3CCOCC3)c2=O)c(-c2cnn[nH]2)c1. The molecule has 2 N–H and O–H groups in total. The number of likely N-dealkylation sites (tertiary alicyclic amines) is 1. The number of aryl methyl sites for hydroxylation is 1. The van der Waals surface area contributed by atoms with Crippen molar-refractivity contribution in [1.82, 2.24) is 34.8 Å². The van der Waals surface area contributed by atoms with Crippen molar-refractivity contribution in [2.24, 2.45) is 5.92 Å². The predicted molar refractivity (Wildman–Crippen MR) is 174 cm³/mol. The maximum Gasteiger partial charge on any atom is 0.260 e. The number of hydrogen-bond acceptors (Lipinski definition) is 9. The molecule has 45 heavy (non-hydrogen) atoms. The van der Waals surface area contributed by atoms with Crippen molar-refractivity contribution in [3.63, 3.8) is 0 Å². The predicted octanol–water partition coefficient (Wildman–Crippen LogP) is 5.20. The average molecular weight is 607 g/mol. The second-order valence-electron chi connectivity index (χ2n) is 12.2. The van der Waals surface area contributed by atoms with Crippen LogP contribution in [0.2, 0.25) is 0 Å². The average Bonchev–Trinajstić information content (AvgIpc) is 3.60. The molecule has 2 aliphatic rings. The minimum atomic E-state index is -0.0911. The number of fused-ring (bicyclic) bond motifs is 1. The molecule has 2 fully saturated rings. The summed E-state index contributed by atoms with van der Waals surface area (Å²) in [5.41, 5.74) is 5.45. The molecule has 3 aromatic heterocycles. The molecule has 7 rings (SSSR count). The summed E-state index contributed by atoms with van der Waals surface area (Å²) in [6.45, 7) is 6.09. The van der Waals surface area contributed by atoms with Crippen LogP contribution in [0.15, 0.2) is 65.7 Å². The van der Waals surface area contributed by atoms with Gasteiger partial charge in [0.05, 0.1) is 11.9 Å². The number of piperidine rings is 1. The summed E-state index contributed by atoms with van der Waals surface area (Å²) in [6.07, 6.45) is 7.57. The summed E-state index contributed by atoms with van der Waals surface area (Å²) in [5.74, 6) is 1.60. The fraction of sp³-hybridized carbons (Fsp3) is 0.382. The van der Waals surface area contributed by atoms with Gasteiger partial charge in [0.1, 0.15) is 17.5 Å². The van der Waals surface area contributed by atoms with Crippen LogP contribution in [0.3, 0.4) is 0 Å². The van der Waals surface area contributed by atoms with E-state index in [0.717, 1.165) is 78.0 Å². The summed E-state index contributed by atoms with van der Waals surface area (Å²) >= 11 is 0. The third kappa shape index (κ3) is 6.45. The van der Waals surface area contributed by atoms with Crippen molar-refractivity contribution < 1.29 is 9.47 Å². The van der Waals surface area contributed by atoms with E-state index >= 15 is 0 Å². The highest BCUT2D eigenvalue weighted by atomic mass is 16.5. The molecule has 0 saturated carbocycles. The minimum Gasteiger partial charge on any atom is -0.490 e. The molecule has 2 aliphatic heterocycles. The largest absolute Gasteiger partial charge is 0.490 e. The molecule has 0 unspecified atom stereocenters. The molecular formula is C34H38N8O3. The number of ether oxygens (including phenoxy) is 2. The van der Waals surface area contributed by atoms with Gasteiger partial charge in [-0.1, -0.05) is 22.9 Å². The van der Waals surface area contributed by atoms with Crippen LogP contribution in [-0.4, -0.2) is 74.3 Å². The van der Waals surface area contributed by atoms with Gasteiger partial charge in [-0.2, -0.15) is 4.98 Å². The molecule has 5 heterocycles. The summed E-state index contributed by atoms with van der Waals surface area (Å²) in [7, 11) is 2.15. The maximum atomic E-state index is 14.3. The molecule has 2 aromatic carbocycles. The van der Waals surface area contributed by atoms with E-state index in [1.807, 2.05) is 60.0 Å². The second kappa shape index (κ2) is 12.8. The highest BCUT2D eigenvalue weighted by Crippen LogP contribution is 2.32. The van der Waals surface area contributed by atoms with Crippen molar-refractivity contribution in [3.05, 3.63) is 76.8 Å². The van der Waals surface area contributed by atoms with E-state index in [0.29, 0.717) is 42.8 Å². The topological polar surface area (TPSA) is 123 Å². The first-order valence-electron chi connectivity index (χ1n) is 15.7. The van der Waals surface area contributed by atoms with E-state index in [1.165, 1.54) is 0 Å². The number of benzene rings is 2. The summed E-state index contributed by atoms with van der Waals surface area (Å²) < 4.78 is 13.6. The standard InChI is InChI=1S/C34H38N8O3/c1-22-3-8-28(29(17-22)31-20-36-40-39-31)30-18-24-19-35-34(38-32(24)42(33(30)43)21-23-11-15-44-16-12-23)37-25-4-6-26(7-5-25)45-27-9-13-41(2)14-10-27/h3-8,17-20,23,27H,9-16,21H2,1-2H3,(H,35,37,38)(H,36,39,40). The summed E-state index contributed by atoms with van der Waals surface area (Å²) in [5, 5.41) is 14.9. The van der Waals surface area contributed by atoms with Gasteiger partial charge in [-0.3, -0.25) is 14.5 Å². The van der Waals surface area contributed by atoms with Crippen LogP contribution in [-0.2, 0) is 11.3 Å². The Morgan fingerprint density at radius 2 is 1.78 bits per heavy atom. The zero-order chi connectivity index (χ0) is 30.8. The van der Waals surface area contributed by atoms with Gasteiger partial charge in [0.2, 0.25) is 5.95 Å². The minimum absolute atomic E-state index is 0.0911. The molecule has 0 aliphatic carbocycles. The van der Waals surface area contributed by atoms with E-state index in [1.54, 1.807) is 12.4 Å². The third-order valence-electron chi connectivity index (χ3n) is 8.86. The van der Waals surface area contributed by atoms with Crippen molar-refractivity contribution in [3.8, 4) is 28.1 Å². The van der Waals surface area contributed by atoms with Crippen LogP contribution >= 0.6 is 0 Å². The molecule has 2 saturated heterocycles. The number of nitrogens with zero attached hydrogens (tertiary/aromatic N) is 6. The normalized spacial score (nSPS) is 16.7. The monoisotopic (exact) mass is 606 g/mol. The lowest BCUT2D eigenvalue weighted by Crippen LogP contribution is -2.35. The molecule has 0 atom stereocenters. The smallest absolute Gasteiger partial charge is 0.260 e. The lowest BCUT2D eigenvalue weighted by atomic mass is 9.95. The Balaban J connectivity index is 1.22. The lowest BCUT2D eigenvalue weighted by Gasteiger charge is -2.29. The number of pyridine rings is 1. The number of anilines is 2. The molecule has 0 spiro atoms. The number of aromatic amines is 1. The quantitative estimate of drug-likeness (QED) is 0.246. The number of nitrogens with one attached hydrogen (secondary N) is 2. The number of rotatable bonds is 8. The molecule has 5 aromatic rings. The van der Waals surface area contributed by atoms with Gasteiger partial charge in [0.15, 0.2) is 0 Å². The Bertz CT molecular complexity index is 1820. The van der Waals surface area contributed by atoms with E-state index in [-0.39, 0.29) is 11.7 Å². The fourth-order valence-electron chi connectivity index (χ4n) is 6.25. The first-order chi connectivity index (χ1) is 22.0. The lowest BCUT2D eigenvalue weighted by molar-refractivity contribution is 0.0613.